The van der Waals surface area contributed by atoms with Crippen LogP contribution in [-0.2, 0) is 20.8 Å². The SMILES string of the molecule is CCc1cc(C(=O)C(C)NC(=O)OC(C)(C)C)ccc1OOC(C)=O. The molecule has 0 saturated carbocycles. The predicted molar refractivity (Wildman–Crippen MR) is 91.4 cm³/mol. The fourth-order valence-electron chi connectivity index (χ4n) is 1.99. The number of hydrogen-bond donors (Lipinski definition) is 1. The Bertz CT molecular complexity index is 647. The Balaban J connectivity index is 2.83. The van der Waals surface area contributed by atoms with Crippen LogP contribution in [0.4, 0.5) is 4.79 Å². The van der Waals surface area contributed by atoms with Crippen molar-refractivity contribution >= 4 is 17.8 Å². The first-order chi connectivity index (χ1) is 11.5. The lowest BCUT2D eigenvalue weighted by Crippen LogP contribution is -2.41. The number of ketones is 1. The lowest BCUT2D eigenvalue weighted by atomic mass is 10.0. The zero-order chi connectivity index (χ0) is 19.2. The third-order valence-electron chi connectivity index (χ3n) is 3.10. The van der Waals surface area contributed by atoms with Crippen molar-refractivity contribution in [3.63, 3.8) is 0 Å². The number of carbonyl (C=O) groups excluding carboxylic acids is 3. The number of nitrogens with one attached hydrogen (secondary N) is 1. The first-order valence-corrected chi connectivity index (χ1v) is 8.05. The van der Waals surface area contributed by atoms with Crippen molar-refractivity contribution in [3.8, 4) is 5.75 Å². The highest BCUT2D eigenvalue weighted by molar-refractivity contribution is 6.01. The Labute approximate surface area is 147 Å². The summed E-state index contributed by atoms with van der Waals surface area (Å²) in [6, 6.07) is 4.00. The fraction of sp³-hybridized carbons (Fsp3) is 0.500. The highest BCUT2D eigenvalue weighted by atomic mass is 17.2. The minimum Gasteiger partial charge on any atom is -0.444 e. The van der Waals surface area contributed by atoms with Crippen LogP contribution in [0.25, 0.3) is 0 Å². The Hall–Kier alpha value is -2.57. The lowest BCUT2D eigenvalue weighted by Gasteiger charge is -2.21. The van der Waals surface area contributed by atoms with Crippen molar-refractivity contribution in [2.24, 2.45) is 0 Å². The molecule has 0 aromatic heterocycles. The van der Waals surface area contributed by atoms with Gasteiger partial charge in [-0.05, 0) is 57.9 Å². The molecule has 0 aliphatic carbocycles. The molecule has 0 fully saturated rings. The Kier molecular flexibility index (Phi) is 6.97. The molecule has 1 aromatic rings. The van der Waals surface area contributed by atoms with Crippen LogP contribution in [0.3, 0.4) is 0 Å². The average Bonchev–Trinajstić information content (AvgIpc) is 2.49. The molecule has 1 rings (SSSR count). The molecule has 1 atom stereocenters. The molecule has 1 unspecified atom stereocenters. The minimum absolute atomic E-state index is 0.264. The zero-order valence-corrected chi connectivity index (χ0v) is 15.5. The van der Waals surface area contributed by atoms with Gasteiger partial charge in [-0.25, -0.2) is 9.59 Å². The molecule has 1 amide bonds. The van der Waals surface area contributed by atoms with Gasteiger partial charge < -0.3 is 10.1 Å². The van der Waals surface area contributed by atoms with Gasteiger partial charge in [0.25, 0.3) is 0 Å². The van der Waals surface area contributed by atoms with Crippen molar-refractivity contribution in [2.75, 3.05) is 0 Å². The number of benzene rings is 1. The topological polar surface area (TPSA) is 90.9 Å². The van der Waals surface area contributed by atoms with Crippen LogP contribution in [0.15, 0.2) is 18.2 Å². The molecule has 1 N–H and O–H groups in total. The summed E-state index contributed by atoms with van der Waals surface area (Å²) in [6.07, 6.45) is -0.0788. The van der Waals surface area contributed by atoms with E-state index in [-0.39, 0.29) is 5.78 Å². The maximum atomic E-state index is 12.5. The van der Waals surface area contributed by atoms with Crippen molar-refractivity contribution in [3.05, 3.63) is 29.3 Å². The second-order valence-corrected chi connectivity index (χ2v) is 6.57. The quantitative estimate of drug-likeness (QED) is 0.481. The predicted octanol–water partition coefficient (Wildman–Crippen LogP) is 3.20. The van der Waals surface area contributed by atoms with Gasteiger partial charge in [-0.3, -0.25) is 14.6 Å². The summed E-state index contributed by atoms with van der Waals surface area (Å²) in [7, 11) is 0. The van der Waals surface area contributed by atoms with Gasteiger partial charge in [0.2, 0.25) is 0 Å². The van der Waals surface area contributed by atoms with E-state index >= 15 is 0 Å². The molecular weight excluding hydrogens is 326 g/mol. The summed E-state index contributed by atoms with van der Waals surface area (Å²) in [5.74, 6) is -0.473. The summed E-state index contributed by atoms with van der Waals surface area (Å²) in [5, 5.41) is 2.52. The number of amides is 1. The van der Waals surface area contributed by atoms with E-state index in [1.54, 1.807) is 45.9 Å². The van der Waals surface area contributed by atoms with E-state index in [0.29, 0.717) is 23.3 Å². The van der Waals surface area contributed by atoms with Crippen LogP contribution in [0.2, 0.25) is 0 Å². The standard InChI is InChI=1S/C18H25NO6/c1-7-13-10-14(8-9-15(13)25-24-12(3)20)16(21)11(2)19-17(22)23-18(4,5)6/h8-11H,7H2,1-6H3,(H,19,22). The number of ether oxygens (including phenoxy) is 1. The van der Waals surface area contributed by atoms with Crippen molar-refractivity contribution < 1.29 is 28.9 Å². The van der Waals surface area contributed by atoms with E-state index in [1.165, 1.54) is 6.92 Å². The van der Waals surface area contributed by atoms with Gasteiger partial charge in [0.15, 0.2) is 11.5 Å². The molecule has 0 radical (unpaired) electrons. The summed E-state index contributed by atoms with van der Waals surface area (Å²) in [5.41, 5.74) is 0.477. The van der Waals surface area contributed by atoms with Gasteiger partial charge in [-0.1, -0.05) is 6.92 Å². The Morgan fingerprint density at radius 2 is 1.84 bits per heavy atom. The van der Waals surface area contributed by atoms with Gasteiger partial charge in [0, 0.05) is 12.5 Å². The smallest absolute Gasteiger partial charge is 0.408 e. The number of carbonyl (C=O) groups is 3. The molecule has 0 spiro atoms. The van der Waals surface area contributed by atoms with Crippen LogP contribution in [0, 0.1) is 0 Å². The van der Waals surface area contributed by atoms with Crippen molar-refractivity contribution in [1.29, 1.82) is 0 Å². The molecule has 0 heterocycles. The monoisotopic (exact) mass is 351 g/mol. The molecular formula is C18H25NO6. The van der Waals surface area contributed by atoms with E-state index in [4.69, 9.17) is 9.62 Å². The first kappa shape index (κ1) is 20.5. The average molecular weight is 351 g/mol. The van der Waals surface area contributed by atoms with Crippen molar-refractivity contribution in [2.45, 2.75) is 59.6 Å². The number of Topliss-reactive ketones (excluding diaryl/α,β-unsaturated/α-hetero) is 1. The zero-order valence-electron chi connectivity index (χ0n) is 15.5. The third kappa shape index (κ3) is 6.82. The molecule has 0 saturated heterocycles. The molecule has 0 aliphatic rings. The minimum atomic E-state index is -0.750. The summed E-state index contributed by atoms with van der Waals surface area (Å²) in [6.45, 7) is 9.93. The van der Waals surface area contributed by atoms with E-state index < -0.39 is 23.7 Å². The van der Waals surface area contributed by atoms with Crippen LogP contribution >= 0.6 is 0 Å². The molecule has 7 heteroatoms. The Morgan fingerprint density at radius 3 is 2.36 bits per heavy atom. The lowest BCUT2D eigenvalue weighted by molar-refractivity contribution is -0.211. The van der Waals surface area contributed by atoms with Gasteiger partial charge >= 0.3 is 12.1 Å². The third-order valence-corrected chi connectivity index (χ3v) is 3.10. The maximum Gasteiger partial charge on any atom is 0.408 e. The molecule has 25 heavy (non-hydrogen) atoms. The molecule has 0 aliphatic heterocycles. The normalized spacial score (nSPS) is 12.1. The molecule has 1 aromatic carbocycles. The van der Waals surface area contributed by atoms with E-state index in [2.05, 4.69) is 10.2 Å². The highest BCUT2D eigenvalue weighted by Crippen LogP contribution is 2.22. The van der Waals surface area contributed by atoms with Gasteiger partial charge in [0.05, 0.1) is 6.04 Å². The number of hydrogen-bond acceptors (Lipinski definition) is 6. The van der Waals surface area contributed by atoms with Gasteiger partial charge in [-0.15, -0.1) is 0 Å². The second kappa shape index (κ2) is 8.50. The fourth-order valence-corrected chi connectivity index (χ4v) is 1.99. The molecule has 0 bridgehead atoms. The summed E-state index contributed by atoms with van der Waals surface area (Å²) < 4.78 is 5.14. The second-order valence-electron chi connectivity index (χ2n) is 6.57. The summed E-state index contributed by atoms with van der Waals surface area (Å²) >= 11 is 0. The van der Waals surface area contributed by atoms with Crippen LogP contribution in [0.5, 0.6) is 5.75 Å². The maximum absolute atomic E-state index is 12.5. The van der Waals surface area contributed by atoms with Crippen LogP contribution < -0.4 is 10.2 Å². The van der Waals surface area contributed by atoms with Gasteiger partial charge in [-0.2, -0.15) is 0 Å². The van der Waals surface area contributed by atoms with Crippen molar-refractivity contribution in [1.82, 2.24) is 5.32 Å². The number of rotatable bonds is 6. The summed E-state index contributed by atoms with van der Waals surface area (Å²) in [4.78, 5) is 44.6. The van der Waals surface area contributed by atoms with Crippen LogP contribution in [-0.4, -0.2) is 29.5 Å². The number of alkyl carbamates (subject to hydrolysis) is 1. The first-order valence-electron chi connectivity index (χ1n) is 8.05. The molecule has 7 nitrogen and oxygen atoms in total. The largest absolute Gasteiger partial charge is 0.444 e. The van der Waals surface area contributed by atoms with E-state index in [1.807, 2.05) is 6.92 Å². The van der Waals surface area contributed by atoms with Gasteiger partial charge in [0.1, 0.15) is 5.60 Å². The van der Waals surface area contributed by atoms with E-state index in [9.17, 15) is 14.4 Å². The Morgan fingerprint density at radius 1 is 1.20 bits per heavy atom. The number of aryl methyl sites for hydroxylation is 1. The van der Waals surface area contributed by atoms with E-state index in [0.717, 1.165) is 0 Å². The highest BCUT2D eigenvalue weighted by Gasteiger charge is 2.22. The molecule has 138 valence electrons. The van der Waals surface area contributed by atoms with Crippen LogP contribution in [0.1, 0.15) is 57.5 Å².